The van der Waals surface area contributed by atoms with Crippen molar-refractivity contribution < 1.29 is 8.42 Å². The molecule has 0 aliphatic heterocycles. The predicted octanol–water partition coefficient (Wildman–Crippen LogP) is 3.27. The maximum absolute atomic E-state index is 11.7. The molecule has 30 heavy (non-hydrogen) atoms. The van der Waals surface area contributed by atoms with Crippen molar-refractivity contribution in [2.45, 2.75) is 13.5 Å². The molecular weight excluding hydrogens is 468 g/mol. The normalized spacial score (nSPS) is 11.8. The number of halogens is 1. The molecule has 1 aromatic carbocycles. The van der Waals surface area contributed by atoms with Gasteiger partial charge in [-0.1, -0.05) is 12.1 Å². The maximum Gasteiger partial charge on any atom is 0.211 e. The monoisotopic (exact) mass is 486 g/mol. The van der Waals surface area contributed by atoms with Crippen molar-refractivity contribution in [3.8, 4) is 17.1 Å². The fourth-order valence-electron chi connectivity index (χ4n) is 3.03. The Hall–Kier alpha value is -2.82. The maximum atomic E-state index is 11.7. The van der Waals surface area contributed by atoms with E-state index < -0.39 is 10.0 Å². The van der Waals surface area contributed by atoms with Crippen LogP contribution in [0.25, 0.3) is 28.2 Å². The summed E-state index contributed by atoms with van der Waals surface area (Å²) in [5, 5.41) is 0. The van der Waals surface area contributed by atoms with Crippen molar-refractivity contribution in [3.05, 3.63) is 64.9 Å². The van der Waals surface area contributed by atoms with E-state index in [2.05, 4.69) is 30.6 Å². The van der Waals surface area contributed by atoms with Crippen LogP contribution >= 0.6 is 15.9 Å². The fourth-order valence-corrected chi connectivity index (χ4v) is 3.94. The van der Waals surface area contributed by atoms with Gasteiger partial charge in [0.1, 0.15) is 11.3 Å². The van der Waals surface area contributed by atoms with Gasteiger partial charge in [0.05, 0.1) is 11.3 Å². The summed E-state index contributed by atoms with van der Waals surface area (Å²) in [5.74, 6) is 1.04. The minimum absolute atomic E-state index is 0.0449. The predicted molar refractivity (Wildman–Crippen MR) is 121 cm³/mol. The molecule has 154 valence electrons. The Balaban J connectivity index is 1.80. The molecule has 0 aliphatic carbocycles. The van der Waals surface area contributed by atoms with Crippen LogP contribution in [0.4, 0.5) is 5.82 Å². The number of hydrogen-bond acceptors (Lipinski definition) is 6. The molecule has 3 N–H and O–H groups in total. The number of rotatable bonds is 6. The molecule has 0 spiro atoms. The lowest BCUT2D eigenvalue weighted by Crippen LogP contribution is -2.24. The third kappa shape index (κ3) is 4.07. The average Bonchev–Trinajstić information content (AvgIpc) is 3.11. The van der Waals surface area contributed by atoms with Gasteiger partial charge in [-0.3, -0.25) is 4.57 Å². The van der Waals surface area contributed by atoms with E-state index in [0.29, 0.717) is 28.4 Å². The van der Waals surface area contributed by atoms with Crippen LogP contribution in [0.15, 0.2) is 59.3 Å². The lowest BCUT2D eigenvalue weighted by Gasteiger charge is -2.11. The van der Waals surface area contributed by atoms with Crippen molar-refractivity contribution in [1.82, 2.24) is 24.2 Å². The van der Waals surface area contributed by atoms with Crippen LogP contribution in [0.1, 0.15) is 12.5 Å². The highest BCUT2D eigenvalue weighted by Crippen LogP contribution is 2.31. The quantitative estimate of drug-likeness (QED) is 0.431. The molecule has 0 radical (unpaired) electrons. The van der Waals surface area contributed by atoms with Gasteiger partial charge in [0, 0.05) is 29.1 Å². The summed E-state index contributed by atoms with van der Waals surface area (Å²) in [6.45, 7) is 1.83. The number of aromatic nitrogens is 4. The van der Waals surface area contributed by atoms with E-state index in [-0.39, 0.29) is 12.3 Å². The highest BCUT2D eigenvalue weighted by molar-refractivity contribution is 9.10. The van der Waals surface area contributed by atoms with Crippen LogP contribution in [0.2, 0.25) is 0 Å². The summed E-state index contributed by atoms with van der Waals surface area (Å²) < 4.78 is 28.7. The summed E-state index contributed by atoms with van der Waals surface area (Å²) in [7, 11) is -3.25. The average molecular weight is 487 g/mol. The van der Waals surface area contributed by atoms with Gasteiger partial charge in [0.25, 0.3) is 0 Å². The third-order valence-electron chi connectivity index (χ3n) is 4.61. The van der Waals surface area contributed by atoms with E-state index >= 15 is 0 Å². The molecule has 0 aliphatic rings. The lowest BCUT2D eigenvalue weighted by atomic mass is 10.2. The summed E-state index contributed by atoms with van der Waals surface area (Å²) in [5.41, 5.74) is 9.87. The number of fused-ring (bicyclic) bond motifs is 1. The molecule has 0 saturated heterocycles. The molecular formula is C20H19BrN6O2S. The van der Waals surface area contributed by atoms with E-state index in [1.165, 1.54) is 0 Å². The number of anilines is 1. The van der Waals surface area contributed by atoms with E-state index in [0.717, 1.165) is 15.7 Å². The largest absolute Gasteiger partial charge is 0.383 e. The Morgan fingerprint density at radius 2 is 1.93 bits per heavy atom. The first-order valence-electron chi connectivity index (χ1n) is 9.19. The molecule has 3 aromatic heterocycles. The molecule has 0 bridgehead atoms. The van der Waals surface area contributed by atoms with Crippen LogP contribution in [-0.4, -0.2) is 33.7 Å². The molecule has 0 fully saturated rings. The SMILES string of the molecule is CCS(=O)(=O)NCc1ccc(-n2c(-c3cccnc3N)nc3cc(Br)cnc32)cc1. The van der Waals surface area contributed by atoms with Crippen molar-refractivity contribution in [2.75, 3.05) is 11.5 Å². The Morgan fingerprint density at radius 3 is 2.63 bits per heavy atom. The van der Waals surface area contributed by atoms with Gasteiger partial charge >= 0.3 is 0 Å². The topological polar surface area (TPSA) is 116 Å². The summed E-state index contributed by atoms with van der Waals surface area (Å²) in [6.07, 6.45) is 3.34. The zero-order valence-corrected chi connectivity index (χ0v) is 18.5. The van der Waals surface area contributed by atoms with Crippen molar-refractivity contribution in [2.24, 2.45) is 0 Å². The van der Waals surface area contributed by atoms with Crippen LogP contribution in [0.3, 0.4) is 0 Å². The first kappa shape index (κ1) is 20.5. The van der Waals surface area contributed by atoms with Crippen LogP contribution in [-0.2, 0) is 16.6 Å². The highest BCUT2D eigenvalue weighted by Gasteiger charge is 2.18. The minimum Gasteiger partial charge on any atom is -0.383 e. The third-order valence-corrected chi connectivity index (χ3v) is 6.39. The highest BCUT2D eigenvalue weighted by atomic mass is 79.9. The minimum atomic E-state index is -3.25. The number of nitrogens with one attached hydrogen (secondary N) is 1. The first-order valence-corrected chi connectivity index (χ1v) is 11.6. The number of imidazole rings is 1. The van der Waals surface area contributed by atoms with Gasteiger partial charge in [0.2, 0.25) is 10.0 Å². The number of nitrogen functional groups attached to an aromatic ring is 1. The molecule has 4 aromatic rings. The van der Waals surface area contributed by atoms with Crippen LogP contribution in [0.5, 0.6) is 0 Å². The van der Waals surface area contributed by atoms with Gasteiger partial charge < -0.3 is 5.73 Å². The van der Waals surface area contributed by atoms with Crippen molar-refractivity contribution in [1.29, 1.82) is 0 Å². The second kappa shape index (κ2) is 8.13. The second-order valence-corrected chi connectivity index (χ2v) is 9.61. The lowest BCUT2D eigenvalue weighted by molar-refractivity contribution is 0.582. The van der Waals surface area contributed by atoms with Gasteiger partial charge in [-0.05, 0) is 58.7 Å². The zero-order chi connectivity index (χ0) is 21.3. The number of benzene rings is 1. The number of nitrogens with zero attached hydrogens (tertiary/aromatic N) is 4. The molecule has 10 heteroatoms. The van der Waals surface area contributed by atoms with Gasteiger partial charge in [0.15, 0.2) is 11.5 Å². The fraction of sp³-hybridized carbons (Fsp3) is 0.150. The van der Waals surface area contributed by atoms with Gasteiger partial charge in [-0.2, -0.15) is 0 Å². The summed E-state index contributed by atoms with van der Waals surface area (Å²) >= 11 is 3.44. The van der Waals surface area contributed by atoms with E-state index in [1.807, 2.05) is 47.0 Å². The Labute approximate surface area is 182 Å². The molecule has 4 rings (SSSR count). The number of hydrogen-bond donors (Lipinski definition) is 2. The zero-order valence-electron chi connectivity index (χ0n) is 16.1. The second-order valence-electron chi connectivity index (χ2n) is 6.59. The Bertz CT molecular complexity index is 1320. The summed E-state index contributed by atoms with van der Waals surface area (Å²) in [6, 6.07) is 13.1. The number of nitrogens with two attached hydrogens (primary N) is 1. The first-order chi connectivity index (χ1) is 14.4. The van der Waals surface area contributed by atoms with Gasteiger partial charge in [-0.15, -0.1) is 0 Å². The molecule has 8 nitrogen and oxygen atoms in total. The van der Waals surface area contributed by atoms with E-state index in [9.17, 15) is 8.42 Å². The standard InChI is InChI=1S/C20H19BrN6O2S/c1-2-30(28,29)25-11-13-5-7-15(8-6-13)27-19(16-4-3-9-23-18(16)22)26-17-10-14(21)12-24-20(17)27/h3-10,12,25H,2,11H2,1H3,(H2,22,23). The smallest absolute Gasteiger partial charge is 0.211 e. The number of pyridine rings is 2. The molecule has 0 unspecified atom stereocenters. The molecule has 0 atom stereocenters. The Kier molecular flexibility index (Phi) is 5.54. The number of sulfonamides is 1. The van der Waals surface area contributed by atoms with Crippen LogP contribution in [0, 0.1) is 0 Å². The van der Waals surface area contributed by atoms with Crippen LogP contribution < -0.4 is 10.5 Å². The summed E-state index contributed by atoms with van der Waals surface area (Å²) in [4.78, 5) is 13.5. The molecule has 3 heterocycles. The molecule has 0 saturated carbocycles. The van der Waals surface area contributed by atoms with E-state index in [4.69, 9.17) is 10.7 Å². The Morgan fingerprint density at radius 1 is 1.17 bits per heavy atom. The van der Waals surface area contributed by atoms with Crippen molar-refractivity contribution in [3.63, 3.8) is 0 Å². The van der Waals surface area contributed by atoms with Gasteiger partial charge in [-0.25, -0.2) is 28.1 Å². The van der Waals surface area contributed by atoms with Crippen molar-refractivity contribution >= 4 is 42.9 Å². The molecule has 0 amide bonds. The van der Waals surface area contributed by atoms with E-state index in [1.54, 1.807) is 19.3 Å².